The van der Waals surface area contributed by atoms with Gasteiger partial charge < -0.3 is 15.4 Å². The van der Waals surface area contributed by atoms with Crippen LogP contribution in [0, 0.1) is 0 Å². The maximum atomic E-state index is 11.9. The molecule has 2 N–H and O–H groups in total. The van der Waals surface area contributed by atoms with Gasteiger partial charge in [0.15, 0.2) is 6.61 Å². The molecule has 0 spiro atoms. The number of rotatable bonds is 5. The van der Waals surface area contributed by atoms with Gasteiger partial charge in [-0.05, 0) is 37.1 Å². The van der Waals surface area contributed by atoms with Gasteiger partial charge in [0.05, 0.1) is 0 Å². The van der Waals surface area contributed by atoms with Crippen LogP contribution in [-0.4, -0.2) is 24.5 Å². The number of nitrogens with one attached hydrogen (secondary N) is 2. The molecule has 0 heterocycles. The van der Waals surface area contributed by atoms with Gasteiger partial charge in [0.2, 0.25) is 5.91 Å². The number of amides is 2. The topological polar surface area (TPSA) is 67.4 Å². The molecule has 1 aromatic rings. The highest BCUT2D eigenvalue weighted by atomic mass is 16.5. The van der Waals surface area contributed by atoms with Crippen LogP contribution in [0.4, 0.5) is 5.69 Å². The Morgan fingerprint density at radius 2 is 1.73 bits per heavy atom. The van der Waals surface area contributed by atoms with E-state index in [2.05, 4.69) is 10.6 Å². The minimum atomic E-state index is -0.114. The van der Waals surface area contributed by atoms with Crippen molar-refractivity contribution in [2.75, 3.05) is 11.9 Å². The fraction of sp³-hybridized carbons (Fsp3) is 0.529. The highest BCUT2D eigenvalue weighted by molar-refractivity contribution is 5.88. The van der Waals surface area contributed by atoms with E-state index < -0.39 is 0 Å². The van der Waals surface area contributed by atoms with Crippen LogP contribution in [0.25, 0.3) is 0 Å². The zero-order valence-electron chi connectivity index (χ0n) is 13.1. The van der Waals surface area contributed by atoms with E-state index in [9.17, 15) is 9.59 Å². The van der Waals surface area contributed by atoms with E-state index in [4.69, 9.17) is 4.74 Å². The van der Waals surface area contributed by atoms with Crippen molar-refractivity contribution in [1.29, 1.82) is 0 Å². The van der Waals surface area contributed by atoms with Crippen molar-refractivity contribution in [3.63, 3.8) is 0 Å². The van der Waals surface area contributed by atoms with Crippen LogP contribution in [0.2, 0.25) is 0 Å². The highest BCUT2D eigenvalue weighted by Gasteiger charge is 2.14. The number of carbonyl (C=O) groups is 2. The van der Waals surface area contributed by atoms with E-state index in [1.165, 1.54) is 32.6 Å². The molecule has 5 heteroatoms. The van der Waals surface area contributed by atoms with Gasteiger partial charge in [-0.1, -0.05) is 25.7 Å². The predicted molar refractivity (Wildman–Crippen MR) is 85.9 cm³/mol. The first kappa shape index (κ1) is 16.3. The van der Waals surface area contributed by atoms with Crippen molar-refractivity contribution >= 4 is 17.5 Å². The van der Waals surface area contributed by atoms with Crippen LogP contribution in [0.15, 0.2) is 24.3 Å². The maximum Gasteiger partial charge on any atom is 0.258 e. The predicted octanol–water partition coefficient (Wildman–Crippen LogP) is 2.86. The normalized spacial score (nSPS) is 15.7. The van der Waals surface area contributed by atoms with Crippen LogP contribution in [-0.2, 0) is 9.59 Å². The first-order valence-electron chi connectivity index (χ1n) is 7.93. The minimum absolute atomic E-state index is 0.0238. The molecule has 0 unspecified atom stereocenters. The van der Waals surface area contributed by atoms with Crippen LogP contribution in [0.1, 0.15) is 45.4 Å². The first-order valence-corrected chi connectivity index (χ1v) is 7.93. The second-order valence-electron chi connectivity index (χ2n) is 5.75. The Bertz CT molecular complexity index is 491. The number of ether oxygens (including phenoxy) is 1. The summed E-state index contributed by atoms with van der Waals surface area (Å²) in [7, 11) is 0. The van der Waals surface area contributed by atoms with Crippen molar-refractivity contribution in [3.05, 3.63) is 24.3 Å². The van der Waals surface area contributed by atoms with Gasteiger partial charge in [0.25, 0.3) is 5.91 Å². The summed E-state index contributed by atoms with van der Waals surface area (Å²) < 4.78 is 5.48. The van der Waals surface area contributed by atoms with Gasteiger partial charge in [-0.3, -0.25) is 9.59 Å². The Hall–Kier alpha value is -2.04. The average molecular weight is 304 g/mol. The lowest BCUT2D eigenvalue weighted by Gasteiger charge is -2.16. The SMILES string of the molecule is CC(=O)Nc1ccc(OCC(=O)NC2CCCCCC2)cc1. The lowest BCUT2D eigenvalue weighted by Crippen LogP contribution is -2.37. The molecule has 0 aromatic heterocycles. The molecule has 0 saturated heterocycles. The van der Waals surface area contributed by atoms with E-state index >= 15 is 0 Å². The number of carbonyl (C=O) groups excluding carboxylic acids is 2. The van der Waals surface area contributed by atoms with E-state index in [1.807, 2.05) is 0 Å². The van der Waals surface area contributed by atoms with E-state index in [1.54, 1.807) is 24.3 Å². The zero-order chi connectivity index (χ0) is 15.8. The average Bonchev–Trinajstić information content (AvgIpc) is 2.74. The lowest BCUT2D eigenvalue weighted by atomic mass is 10.1. The molecule has 5 nitrogen and oxygen atoms in total. The third kappa shape index (κ3) is 5.76. The molecule has 1 aliphatic rings. The fourth-order valence-electron chi connectivity index (χ4n) is 2.68. The van der Waals surface area contributed by atoms with Crippen molar-refractivity contribution in [2.24, 2.45) is 0 Å². The molecule has 1 fully saturated rings. The molecule has 0 bridgehead atoms. The summed E-state index contributed by atoms with van der Waals surface area (Å²) in [5.74, 6) is 0.430. The van der Waals surface area contributed by atoms with E-state index in [0.717, 1.165) is 12.8 Å². The molecule has 2 rings (SSSR count). The summed E-state index contributed by atoms with van der Waals surface area (Å²) in [6, 6.07) is 7.27. The molecular weight excluding hydrogens is 280 g/mol. The molecule has 0 atom stereocenters. The minimum Gasteiger partial charge on any atom is -0.484 e. The fourth-order valence-corrected chi connectivity index (χ4v) is 2.68. The largest absolute Gasteiger partial charge is 0.484 e. The Labute approximate surface area is 131 Å². The summed E-state index contributed by atoms with van der Waals surface area (Å²) >= 11 is 0. The number of benzene rings is 1. The third-order valence-corrected chi connectivity index (χ3v) is 3.76. The number of anilines is 1. The molecule has 120 valence electrons. The van der Waals surface area contributed by atoms with Crippen LogP contribution < -0.4 is 15.4 Å². The summed E-state index contributed by atoms with van der Waals surface area (Å²) in [5.41, 5.74) is 0.711. The Morgan fingerprint density at radius 1 is 1.09 bits per heavy atom. The van der Waals surface area contributed by atoms with Crippen LogP contribution in [0.5, 0.6) is 5.75 Å². The smallest absolute Gasteiger partial charge is 0.258 e. The molecule has 1 aromatic carbocycles. The standard InChI is InChI=1S/C17H24N2O3/c1-13(20)18-15-8-10-16(11-9-15)22-12-17(21)19-14-6-4-2-3-5-7-14/h8-11,14H,2-7,12H2,1H3,(H,18,20)(H,19,21). The van der Waals surface area contributed by atoms with Crippen molar-refractivity contribution in [3.8, 4) is 5.75 Å². The molecule has 22 heavy (non-hydrogen) atoms. The van der Waals surface area contributed by atoms with Crippen LogP contribution >= 0.6 is 0 Å². The molecule has 0 aliphatic heterocycles. The lowest BCUT2D eigenvalue weighted by molar-refractivity contribution is -0.123. The van der Waals surface area contributed by atoms with Gasteiger partial charge in [0, 0.05) is 18.7 Å². The van der Waals surface area contributed by atoms with Gasteiger partial charge in [0.1, 0.15) is 5.75 Å². The first-order chi connectivity index (χ1) is 10.6. The van der Waals surface area contributed by atoms with Crippen LogP contribution in [0.3, 0.4) is 0 Å². The summed E-state index contributed by atoms with van der Waals surface area (Å²) in [4.78, 5) is 22.8. The highest BCUT2D eigenvalue weighted by Crippen LogP contribution is 2.18. The number of hydrogen-bond donors (Lipinski definition) is 2. The summed E-state index contributed by atoms with van der Waals surface area (Å²) in [6.07, 6.45) is 7.05. The Morgan fingerprint density at radius 3 is 2.32 bits per heavy atom. The molecular formula is C17H24N2O3. The maximum absolute atomic E-state index is 11.9. The zero-order valence-corrected chi connectivity index (χ0v) is 13.1. The van der Waals surface area contributed by atoms with Crippen molar-refractivity contribution in [2.45, 2.75) is 51.5 Å². The molecule has 1 saturated carbocycles. The molecule has 1 aliphatic carbocycles. The third-order valence-electron chi connectivity index (χ3n) is 3.76. The molecule has 0 radical (unpaired) electrons. The van der Waals surface area contributed by atoms with Crippen molar-refractivity contribution in [1.82, 2.24) is 5.32 Å². The van der Waals surface area contributed by atoms with Crippen molar-refractivity contribution < 1.29 is 14.3 Å². The Balaban J connectivity index is 1.74. The summed E-state index contributed by atoms with van der Waals surface area (Å²) in [5, 5.41) is 5.73. The Kier molecular flexibility index (Phi) is 6.25. The number of hydrogen-bond acceptors (Lipinski definition) is 3. The summed E-state index contributed by atoms with van der Waals surface area (Å²) in [6.45, 7) is 1.48. The van der Waals surface area contributed by atoms with Gasteiger partial charge in [-0.25, -0.2) is 0 Å². The second kappa shape index (κ2) is 8.41. The quantitative estimate of drug-likeness (QED) is 0.822. The molecule has 2 amide bonds. The van der Waals surface area contributed by atoms with Gasteiger partial charge in [-0.15, -0.1) is 0 Å². The second-order valence-corrected chi connectivity index (χ2v) is 5.75. The van der Waals surface area contributed by atoms with Gasteiger partial charge >= 0.3 is 0 Å². The van der Waals surface area contributed by atoms with E-state index in [0.29, 0.717) is 17.5 Å². The van der Waals surface area contributed by atoms with E-state index in [-0.39, 0.29) is 18.4 Å². The van der Waals surface area contributed by atoms with Gasteiger partial charge in [-0.2, -0.15) is 0 Å². The monoisotopic (exact) mass is 304 g/mol.